The number of nitrogens with zero attached hydrogens (tertiary/aromatic N) is 2. The zero-order chi connectivity index (χ0) is 10.6. The summed E-state index contributed by atoms with van der Waals surface area (Å²) in [5, 5.41) is 9.06. The normalized spacial score (nSPS) is 12.5. The maximum atomic E-state index is 11.2. The van der Waals surface area contributed by atoms with Gasteiger partial charge in [0.1, 0.15) is 12.2 Å². The molecule has 1 rings (SSSR count). The molecule has 1 atom stereocenters. The van der Waals surface area contributed by atoms with Crippen LogP contribution in [0.2, 0.25) is 0 Å². The highest BCUT2D eigenvalue weighted by Crippen LogP contribution is 2.00. The van der Waals surface area contributed by atoms with E-state index in [9.17, 15) is 4.79 Å². The molecule has 1 N–H and O–H groups in total. The van der Waals surface area contributed by atoms with Crippen molar-refractivity contribution < 1.29 is 14.6 Å². The lowest BCUT2D eigenvalue weighted by atomic mass is 10.4. The van der Waals surface area contributed by atoms with Crippen LogP contribution in [0.3, 0.4) is 0 Å². The summed E-state index contributed by atoms with van der Waals surface area (Å²) in [4.78, 5) is 15.2. The molecule has 1 aromatic heterocycles. The summed E-state index contributed by atoms with van der Waals surface area (Å²) in [6.07, 6.45) is 2.83. The molecule has 5 nitrogen and oxygen atoms in total. The number of carbonyl (C=O) groups is 1. The van der Waals surface area contributed by atoms with Gasteiger partial charge in [-0.25, -0.2) is 4.98 Å². The number of carbonyl (C=O) groups excluding carboxylic acids is 1. The number of hydrogen-bond donors (Lipinski definition) is 1. The molecule has 0 saturated heterocycles. The summed E-state index contributed by atoms with van der Waals surface area (Å²) in [5.41, 5.74) is 0. The maximum absolute atomic E-state index is 11.2. The summed E-state index contributed by atoms with van der Waals surface area (Å²) in [6, 6.07) is 0. The van der Waals surface area contributed by atoms with E-state index in [1.807, 2.05) is 0 Å². The first-order chi connectivity index (χ1) is 6.63. The SMILES string of the molecule is CCC(O)OC(=O)Cc1nccn1C. The van der Waals surface area contributed by atoms with E-state index in [1.54, 1.807) is 30.9 Å². The molecule has 1 heterocycles. The van der Waals surface area contributed by atoms with Gasteiger partial charge in [-0.2, -0.15) is 0 Å². The average Bonchev–Trinajstić information content (AvgIpc) is 2.51. The number of imidazole rings is 1. The Hall–Kier alpha value is -1.36. The third-order valence-corrected chi connectivity index (χ3v) is 1.84. The smallest absolute Gasteiger partial charge is 0.315 e. The second-order valence-electron chi connectivity index (χ2n) is 2.98. The van der Waals surface area contributed by atoms with Crippen molar-refractivity contribution in [2.45, 2.75) is 26.1 Å². The number of hydrogen-bond acceptors (Lipinski definition) is 4. The Kier molecular flexibility index (Phi) is 3.64. The van der Waals surface area contributed by atoms with E-state index in [2.05, 4.69) is 4.98 Å². The Bertz CT molecular complexity index is 309. The van der Waals surface area contributed by atoms with E-state index in [-0.39, 0.29) is 6.42 Å². The Labute approximate surface area is 82.3 Å². The lowest BCUT2D eigenvalue weighted by molar-refractivity contribution is -0.167. The lowest BCUT2D eigenvalue weighted by Crippen LogP contribution is -2.19. The molecule has 0 radical (unpaired) electrons. The van der Waals surface area contributed by atoms with Crippen LogP contribution in [0.5, 0.6) is 0 Å². The fourth-order valence-electron chi connectivity index (χ4n) is 0.973. The fourth-order valence-corrected chi connectivity index (χ4v) is 0.973. The van der Waals surface area contributed by atoms with E-state index in [1.165, 1.54) is 0 Å². The molecule has 0 aliphatic rings. The van der Waals surface area contributed by atoms with Crippen LogP contribution in [-0.2, 0) is 23.0 Å². The van der Waals surface area contributed by atoms with Crippen LogP contribution >= 0.6 is 0 Å². The molecule has 0 bridgehead atoms. The standard InChI is InChI=1S/C9H14N2O3/c1-3-8(12)14-9(13)6-7-10-4-5-11(7)2/h4-5,8,12H,3,6H2,1-2H3. The third-order valence-electron chi connectivity index (χ3n) is 1.84. The monoisotopic (exact) mass is 198 g/mol. The van der Waals surface area contributed by atoms with Gasteiger partial charge in [-0.3, -0.25) is 4.79 Å². The highest BCUT2D eigenvalue weighted by molar-refractivity contribution is 5.71. The van der Waals surface area contributed by atoms with Gasteiger partial charge in [-0.1, -0.05) is 6.92 Å². The summed E-state index contributed by atoms with van der Waals surface area (Å²) >= 11 is 0. The Morgan fingerprint density at radius 3 is 3.00 bits per heavy atom. The summed E-state index contributed by atoms with van der Waals surface area (Å²) in [5.74, 6) is 0.159. The topological polar surface area (TPSA) is 64.3 Å². The van der Waals surface area contributed by atoms with Crippen LogP contribution in [-0.4, -0.2) is 26.9 Å². The van der Waals surface area contributed by atoms with Crippen LogP contribution in [0, 0.1) is 0 Å². The largest absolute Gasteiger partial charge is 0.436 e. The Morgan fingerprint density at radius 2 is 2.50 bits per heavy atom. The highest BCUT2D eigenvalue weighted by Gasteiger charge is 2.12. The number of esters is 1. The molecule has 0 amide bonds. The van der Waals surface area contributed by atoms with Gasteiger partial charge in [0.15, 0.2) is 6.29 Å². The number of aliphatic hydroxyl groups is 1. The number of rotatable bonds is 4. The summed E-state index contributed by atoms with van der Waals surface area (Å²) in [7, 11) is 1.80. The fraction of sp³-hybridized carbons (Fsp3) is 0.556. The van der Waals surface area contributed by atoms with E-state index in [4.69, 9.17) is 9.84 Å². The minimum absolute atomic E-state index is 0.0839. The van der Waals surface area contributed by atoms with Gasteiger partial charge in [0.2, 0.25) is 0 Å². The Balaban J connectivity index is 2.45. The number of aryl methyl sites for hydroxylation is 1. The van der Waals surface area contributed by atoms with E-state index in [0.29, 0.717) is 12.2 Å². The van der Waals surface area contributed by atoms with Gasteiger partial charge in [-0.05, 0) is 0 Å². The van der Waals surface area contributed by atoms with Crippen molar-refractivity contribution in [3.8, 4) is 0 Å². The average molecular weight is 198 g/mol. The second kappa shape index (κ2) is 4.76. The molecule has 14 heavy (non-hydrogen) atoms. The molecule has 0 aliphatic heterocycles. The summed E-state index contributed by atoms with van der Waals surface area (Å²) in [6.45, 7) is 1.73. The van der Waals surface area contributed by atoms with Crippen LogP contribution in [0.25, 0.3) is 0 Å². The number of ether oxygens (including phenoxy) is 1. The minimum Gasteiger partial charge on any atom is -0.436 e. The second-order valence-corrected chi connectivity index (χ2v) is 2.98. The zero-order valence-corrected chi connectivity index (χ0v) is 8.30. The van der Waals surface area contributed by atoms with Gasteiger partial charge in [0.25, 0.3) is 0 Å². The van der Waals surface area contributed by atoms with Gasteiger partial charge in [-0.15, -0.1) is 0 Å². The minimum atomic E-state index is -1.01. The first-order valence-corrected chi connectivity index (χ1v) is 4.47. The van der Waals surface area contributed by atoms with Crippen molar-refractivity contribution in [3.05, 3.63) is 18.2 Å². The molecule has 5 heteroatoms. The molecule has 1 unspecified atom stereocenters. The zero-order valence-electron chi connectivity index (χ0n) is 8.30. The summed E-state index contributed by atoms with van der Waals surface area (Å²) < 4.78 is 6.43. The van der Waals surface area contributed by atoms with Crippen molar-refractivity contribution in [2.75, 3.05) is 0 Å². The van der Waals surface area contributed by atoms with Gasteiger partial charge in [0, 0.05) is 25.9 Å². The van der Waals surface area contributed by atoms with Gasteiger partial charge in [0.05, 0.1) is 0 Å². The third kappa shape index (κ3) is 2.85. The molecule has 0 aliphatic carbocycles. The van der Waals surface area contributed by atoms with Crippen LogP contribution in [0.4, 0.5) is 0 Å². The van der Waals surface area contributed by atoms with Crippen LogP contribution in [0.15, 0.2) is 12.4 Å². The number of aliphatic hydroxyl groups excluding tert-OH is 1. The first kappa shape index (κ1) is 10.7. The first-order valence-electron chi connectivity index (χ1n) is 4.47. The van der Waals surface area contributed by atoms with E-state index in [0.717, 1.165) is 0 Å². The van der Waals surface area contributed by atoms with Crippen molar-refractivity contribution in [2.24, 2.45) is 7.05 Å². The molecule has 0 saturated carbocycles. The molecule has 0 spiro atoms. The molecular weight excluding hydrogens is 184 g/mol. The Morgan fingerprint density at radius 1 is 1.79 bits per heavy atom. The quantitative estimate of drug-likeness (QED) is 0.555. The van der Waals surface area contributed by atoms with Crippen LogP contribution < -0.4 is 0 Å². The number of aromatic nitrogens is 2. The van der Waals surface area contributed by atoms with Crippen molar-refractivity contribution in [1.82, 2.24) is 9.55 Å². The molecular formula is C9H14N2O3. The molecule has 78 valence electrons. The molecule has 0 fully saturated rings. The van der Waals surface area contributed by atoms with Crippen LogP contribution in [0.1, 0.15) is 19.2 Å². The lowest BCUT2D eigenvalue weighted by Gasteiger charge is -2.09. The van der Waals surface area contributed by atoms with E-state index >= 15 is 0 Å². The van der Waals surface area contributed by atoms with Crippen molar-refractivity contribution in [3.63, 3.8) is 0 Å². The highest BCUT2D eigenvalue weighted by atomic mass is 16.6. The molecule has 0 aromatic carbocycles. The molecule has 1 aromatic rings. The predicted molar refractivity (Wildman–Crippen MR) is 49.3 cm³/mol. The van der Waals surface area contributed by atoms with Gasteiger partial charge >= 0.3 is 5.97 Å². The van der Waals surface area contributed by atoms with Crippen molar-refractivity contribution >= 4 is 5.97 Å². The predicted octanol–water partition coefficient (Wildman–Crippen LogP) is 0.234. The van der Waals surface area contributed by atoms with Crippen molar-refractivity contribution in [1.29, 1.82) is 0 Å². The van der Waals surface area contributed by atoms with E-state index < -0.39 is 12.3 Å². The maximum Gasteiger partial charge on any atom is 0.315 e. The van der Waals surface area contributed by atoms with Gasteiger partial charge < -0.3 is 14.4 Å².